The van der Waals surface area contributed by atoms with Crippen LogP contribution in [0.3, 0.4) is 0 Å². The molecule has 0 atom stereocenters. The largest absolute Gasteiger partial charge is 0.497 e. The van der Waals surface area contributed by atoms with E-state index >= 15 is 0 Å². The fraction of sp³-hybridized carbons (Fsp3) is 0.364. The zero-order valence-electron chi connectivity index (χ0n) is 16.7. The summed E-state index contributed by atoms with van der Waals surface area (Å²) >= 11 is 0. The third kappa shape index (κ3) is 5.26. The van der Waals surface area contributed by atoms with E-state index in [4.69, 9.17) is 9.47 Å². The van der Waals surface area contributed by atoms with Gasteiger partial charge in [0.25, 0.3) is 5.91 Å². The minimum Gasteiger partial charge on any atom is -0.497 e. The number of anilines is 1. The quantitative estimate of drug-likeness (QED) is 0.781. The molecule has 1 heterocycles. The van der Waals surface area contributed by atoms with Gasteiger partial charge in [0, 0.05) is 24.8 Å². The first-order valence-corrected chi connectivity index (χ1v) is 9.58. The Morgan fingerprint density at radius 1 is 1.07 bits per heavy atom. The molecule has 7 nitrogen and oxygen atoms in total. The minimum atomic E-state index is -0.300. The van der Waals surface area contributed by atoms with Crippen molar-refractivity contribution in [1.82, 2.24) is 4.90 Å². The van der Waals surface area contributed by atoms with Crippen molar-refractivity contribution in [2.24, 2.45) is 0 Å². The Hall–Kier alpha value is -3.06. The second-order valence-electron chi connectivity index (χ2n) is 7.01. The fourth-order valence-electron chi connectivity index (χ4n) is 3.29. The normalized spacial score (nSPS) is 14.4. The van der Waals surface area contributed by atoms with Gasteiger partial charge in [0.2, 0.25) is 5.91 Å². The number of benzene rings is 2. The molecule has 0 aliphatic carbocycles. The van der Waals surface area contributed by atoms with Crippen molar-refractivity contribution in [2.45, 2.75) is 25.4 Å². The molecule has 1 aliphatic rings. The molecule has 7 heteroatoms. The number of aliphatic hydroxyl groups is 1. The highest BCUT2D eigenvalue weighted by Crippen LogP contribution is 2.25. The lowest BCUT2D eigenvalue weighted by atomic mass is 10.1. The smallest absolute Gasteiger partial charge is 0.259 e. The standard InChI is InChI=1S/C22H26N2O5/c1-28-18-7-8-19(20(14-18)29-2)22(27)23-16-5-3-15(4-6-16)13-21(26)24-11-9-17(25)10-12-24/h3-8,14,17,25H,9-13H2,1-2H3,(H,23,27). The number of piperidine rings is 1. The van der Waals surface area contributed by atoms with Crippen LogP contribution in [0, 0.1) is 0 Å². The number of hydrogen-bond donors (Lipinski definition) is 2. The van der Waals surface area contributed by atoms with Crippen molar-refractivity contribution in [3.05, 3.63) is 53.6 Å². The molecular weight excluding hydrogens is 372 g/mol. The number of methoxy groups -OCH3 is 2. The molecule has 0 unspecified atom stereocenters. The molecule has 1 fully saturated rings. The number of hydrogen-bond acceptors (Lipinski definition) is 5. The van der Waals surface area contributed by atoms with Gasteiger partial charge in [0.1, 0.15) is 11.5 Å². The highest BCUT2D eigenvalue weighted by Gasteiger charge is 2.21. The van der Waals surface area contributed by atoms with Crippen molar-refractivity contribution in [3.8, 4) is 11.5 Å². The van der Waals surface area contributed by atoms with Crippen LogP contribution in [0.5, 0.6) is 11.5 Å². The average molecular weight is 398 g/mol. The lowest BCUT2D eigenvalue weighted by molar-refractivity contribution is -0.132. The third-order valence-electron chi connectivity index (χ3n) is 5.04. The number of nitrogens with zero attached hydrogens (tertiary/aromatic N) is 1. The summed E-state index contributed by atoms with van der Waals surface area (Å²) in [6.45, 7) is 1.19. The Morgan fingerprint density at radius 3 is 2.38 bits per heavy atom. The maximum absolute atomic E-state index is 12.6. The molecule has 2 N–H and O–H groups in total. The average Bonchev–Trinajstić information content (AvgIpc) is 2.75. The van der Waals surface area contributed by atoms with Crippen LogP contribution in [0.15, 0.2) is 42.5 Å². The van der Waals surface area contributed by atoms with Gasteiger partial charge in [0.15, 0.2) is 0 Å². The number of amides is 2. The Morgan fingerprint density at radius 2 is 1.76 bits per heavy atom. The highest BCUT2D eigenvalue weighted by molar-refractivity contribution is 6.06. The van der Waals surface area contributed by atoms with Crippen LogP contribution in [-0.4, -0.2) is 55.2 Å². The molecule has 29 heavy (non-hydrogen) atoms. The molecule has 2 aromatic carbocycles. The predicted molar refractivity (Wildman–Crippen MR) is 109 cm³/mol. The second-order valence-corrected chi connectivity index (χ2v) is 7.01. The zero-order valence-corrected chi connectivity index (χ0v) is 16.7. The monoisotopic (exact) mass is 398 g/mol. The maximum atomic E-state index is 12.6. The van der Waals surface area contributed by atoms with Crippen LogP contribution in [0.2, 0.25) is 0 Å². The minimum absolute atomic E-state index is 0.0525. The number of rotatable bonds is 6. The van der Waals surface area contributed by atoms with Crippen LogP contribution >= 0.6 is 0 Å². The fourth-order valence-corrected chi connectivity index (χ4v) is 3.29. The van der Waals surface area contributed by atoms with Crippen molar-refractivity contribution < 1.29 is 24.2 Å². The maximum Gasteiger partial charge on any atom is 0.259 e. The summed E-state index contributed by atoms with van der Waals surface area (Å²) in [5, 5.41) is 12.4. The second kappa shape index (κ2) is 9.43. The van der Waals surface area contributed by atoms with E-state index in [9.17, 15) is 14.7 Å². The van der Waals surface area contributed by atoms with Gasteiger partial charge < -0.3 is 24.8 Å². The summed E-state index contributed by atoms with van der Waals surface area (Å²) in [5.41, 5.74) is 1.91. The van der Waals surface area contributed by atoms with Gasteiger partial charge >= 0.3 is 0 Å². The van der Waals surface area contributed by atoms with Crippen LogP contribution < -0.4 is 14.8 Å². The molecule has 154 valence electrons. The van der Waals surface area contributed by atoms with Crippen LogP contribution in [-0.2, 0) is 11.2 Å². The van der Waals surface area contributed by atoms with Crippen molar-refractivity contribution >= 4 is 17.5 Å². The molecule has 3 rings (SSSR count). The SMILES string of the molecule is COc1ccc(C(=O)Nc2ccc(CC(=O)N3CCC(O)CC3)cc2)c(OC)c1. The molecule has 2 aromatic rings. The first-order chi connectivity index (χ1) is 14.0. The molecule has 0 bridgehead atoms. The van der Waals surface area contributed by atoms with Gasteiger partial charge in [-0.3, -0.25) is 9.59 Å². The summed E-state index contributed by atoms with van der Waals surface area (Å²) < 4.78 is 10.4. The van der Waals surface area contributed by atoms with E-state index in [1.165, 1.54) is 7.11 Å². The van der Waals surface area contributed by atoms with Gasteiger partial charge in [-0.25, -0.2) is 0 Å². The Balaban J connectivity index is 1.60. The summed E-state index contributed by atoms with van der Waals surface area (Å²) in [7, 11) is 3.05. The van der Waals surface area contributed by atoms with Crippen LogP contribution in [0.1, 0.15) is 28.8 Å². The zero-order chi connectivity index (χ0) is 20.8. The van der Waals surface area contributed by atoms with Crippen molar-refractivity contribution in [3.63, 3.8) is 0 Å². The molecule has 2 amide bonds. The Bertz CT molecular complexity index is 858. The number of nitrogens with one attached hydrogen (secondary N) is 1. The molecule has 0 spiro atoms. The molecule has 0 aromatic heterocycles. The van der Waals surface area contributed by atoms with Crippen LogP contribution in [0.4, 0.5) is 5.69 Å². The van der Waals surface area contributed by atoms with E-state index in [2.05, 4.69) is 5.32 Å². The van der Waals surface area contributed by atoms with Crippen LogP contribution in [0.25, 0.3) is 0 Å². The van der Waals surface area contributed by atoms with Gasteiger partial charge in [-0.15, -0.1) is 0 Å². The van der Waals surface area contributed by atoms with E-state index in [1.54, 1.807) is 42.3 Å². The molecule has 0 radical (unpaired) electrons. The van der Waals surface area contributed by atoms with E-state index in [0.29, 0.717) is 55.1 Å². The van der Waals surface area contributed by atoms with Crippen molar-refractivity contribution in [2.75, 3.05) is 32.6 Å². The first-order valence-electron chi connectivity index (χ1n) is 9.58. The number of ether oxygens (including phenoxy) is 2. The number of likely N-dealkylation sites (tertiary alicyclic amines) is 1. The summed E-state index contributed by atoms with van der Waals surface area (Å²) in [5.74, 6) is 0.795. The summed E-state index contributed by atoms with van der Waals surface area (Å²) in [4.78, 5) is 26.8. The van der Waals surface area contributed by atoms with E-state index in [1.807, 2.05) is 12.1 Å². The van der Waals surface area contributed by atoms with E-state index in [-0.39, 0.29) is 17.9 Å². The topological polar surface area (TPSA) is 88.1 Å². The molecule has 1 aliphatic heterocycles. The Kier molecular flexibility index (Phi) is 6.72. The number of carbonyl (C=O) groups excluding carboxylic acids is 2. The number of aliphatic hydroxyl groups excluding tert-OH is 1. The van der Waals surface area contributed by atoms with E-state index < -0.39 is 0 Å². The Labute approximate surface area is 170 Å². The predicted octanol–water partition coefficient (Wildman–Crippen LogP) is 2.48. The lowest BCUT2D eigenvalue weighted by Crippen LogP contribution is -2.40. The summed E-state index contributed by atoms with van der Waals surface area (Å²) in [6.07, 6.45) is 1.26. The van der Waals surface area contributed by atoms with Crippen molar-refractivity contribution in [1.29, 1.82) is 0 Å². The van der Waals surface area contributed by atoms with Gasteiger partial charge in [-0.05, 0) is 42.7 Å². The number of carbonyl (C=O) groups is 2. The van der Waals surface area contributed by atoms with Gasteiger partial charge in [0.05, 0.1) is 32.3 Å². The lowest BCUT2D eigenvalue weighted by Gasteiger charge is -2.29. The molecule has 1 saturated heterocycles. The molecule has 0 saturated carbocycles. The first kappa shape index (κ1) is 20.7. The van der Waals surface area contributed by atoms with E-state index in [0.717, 1.165) is 5.56 Å². The van der Waals surface area contributed by atoms with Gasteiger partial charge in [-0.2, -0.15) is 0 Å². The third-order valence-corrected chi connectivity index (χ3v) is 5.04. The summed E-state index contributed by atoms with van der Waals surface area (Å²) in [6, 6.07) is 12.2. The highest BCUT2D eigenvalue weighted by atomic mass is 16.5. The van der Waals surface area contributed by atoms with Gasteiger partial charge in [-0.1, -0.05) is 12.1 Å². The molecular formula is C22H26N2O5.